The fourth-order valence-corrected chi connectivity index (χ4v) is 1.85. The normalized spacial score (nSPS) is 12.0. The van der Waals surface area contributed by atoms with Crippen molar-refractivity contribution >= 4 is 12.7 Å². The maximum Gasteiger partial charge on any atom is 0.0479 e. The van der Waals surface area contributed by atoms with Gasteiger partial charge in [-0.3, -0.25) is 0 Å². The van der Waals surface area contributed by atoms with Crippen LogP contribution in [-0.2, 0) is 17.7 Å². The second-order valence-electron chi connectivity index (χ2n) is 3.81. The van der Waals surface area contributed by atoms with Gasteiger partial charge in [-0.2, -0.15) is 0 Å². The van der Waals surface area contributed by atoms with Crippen molar-refractivity contribution < 1.29 is 4.74 Å². The third-order valence-electron chi connectivity index (χ3n) is 2.72. The van der Waals surface area contributed by atoms with Gasteiger partial charge >= 0.3 is 0 Å². The van der Waals surface area contributed by atoms with Gasteiger partial charge in [0.25, 0.3) is 0 Å². The number of ether oxygens (including phenoxy) is 1. The molecule has 0 saturated carbocycles. The molecule has 0 radical (unpaired) electrons. The summed E-state index contributed by atoms with van der Waals surface area (Å²) in [7, 11) is 1.73. The standard InChI is InChI=1S/C14H21NO/c1-5-8-14-12(3)13(6-2)11-15(14)9-7-10-16-4/h5,8,11H,1,3,6-7,9-10H2,2,4H3/b14-8+. The minimum absolute atomic E-state index is 0.791. The van der Waals surface area contributed by atoms with Crippen molar-refractivity contribution in [2.45, 2.75) is 26.3 Å². The van der Waals surface area contributed by atoms with Crippen molar-refractivity contribution in [2.24, 2.45) is 0 Å². The predicted molar refractivity (Wildman–Crippen MR) is 69.7 cm³/mol. The van der Waals surface area contributed by atoms with E-state index in [1.807, 2.05) is 12.2 Å². The molecule has 0 atom stereocenters. The molecule has 16 heavy (non-hydrogen) atoms. The predicted octanol–water partition coefficient (Wildman–Crippen LogP) is 1.46. The van der Waals surface area contributed by atoms with E-state index in [0.717, 1.165) is 31.2 Å². The molecule has 0 unspecified atom stereocenters. The average Bonchev–Trinajstić information content (AvgIpc) is 2.58. The topological polar surface area (TPSA) is 14.2 Å². The Labute approximate surface area is 97.5 Å². The van der Waals surface area contributed by atoms with Crippen LogP contribution in [-0.4, -0.2) is 18.3 Å². The molecule has 0 spiro atoms. The number of hydrogen-bond acceptors (Lipinski definition) is 1. The smallest absolute Gasteiger partial charge is 0.0479 e. The van der Waals surface area contributed by atoms with Crippen LogP contribution in [0.15, 0.2) is 18.9 Å². The van der Waals surface area contributed by atoms with E-state index in [2.05, 4.69) is 30.8 Å². The summed E-state index contributed by atoms with van der Waals surface area (Å²) in [6.45, 7) is 11.8. The average molecular weight is 219 g/mol. The largest absolute Gasteiger partial charge is 0.385 e. The van der Waals surface area contributed by atoms with E-state index >= 15 is 0 Å². The van der Waals surface area contributed by atoms with E-state index in [9.17, 15) is 0 Å². The Hall–Kier alpha value is -1.28. The van der Waals surface area contributed by atoms with E-state index in [0.29, 0.717) is 0 Å². The SMILES string of the molecule is C=C/C=c1\c(=C)c(CC)cn1CCCOC. The van der Waals surface area contributed by atoms with Crippen LogP contribution in [0.1, 0.15) is 18.9 Å². The van der Waals surface area contributed by atoms with Gasteiger partial charge in [0.15, 0.2) is 0 Å². The summed E-state index contributed by atoms with van der Waals surface area (Å²) < 4.78 is 7.31. The van der Waals surface area contributed by atoms with E-state index in [1.165, 1.54) is 10.9 Å². The summed E-state index contributed by atoms with van der Waals surface area (Å²) in [6.07, 6.45) is 8.07. The third kappa shape index (κ3) is 2.86. The summed E-state index contributed by atoms with van der Waals surface area (Å²) in [5.41, 5.74) is 1.31. The number of rotatable bonds is 6. The molecule has 0 N–H and O–H groups in total. The number of aromatic nitrogens is 1. The summed E-state index contributed by atoms with van der Waals surface area (Å²) >= 11 is 0. The van der Waals surface area contributed by atoms with E-state index in [4.69, 9.17) is 4.74 Å². The minimum atomic E-state index is 0.791. The first-order chi connectivity index (χ1) is 7.74. The molecule has 2 nitrogen and oxygen atoms in total. The quantitative estimate of drug-likeness (QED) is 0.661. The van der Waals surface area contributed by atoms with Gasteiger partial charge < -0.3 is 9.30 Å². The molecule has 0 bridgehead atoms. The highest BCUT2D eigenvalue weighted by Crippen LogP contribution is 1.94. The van der Waals surface area contributed by atoms with Crippen molar-refractivity contribution in [3.05, 3.63) is 35.0 Å². The van der Waals surface area contributed by atoms with Crippen LogP contribution in [0, 0.1) is 0 Å². The van der Waals surface area contributed by atoms with Crippen molar-refractivity contribution in [2.75, 3.05) is 13.7 Å². The Bertz CT molecular complexity index is 442. The Morgan fingerprint density at radius 3 is 2.81 bits per heavy atom. The highest BCUT2D eigenvalue weighted by atomic mass is 16.5. The fourth-order valence-electron chi connectivity index (χ4n) is 1.85. The number of aryl methyl sites for hydroxylation is 2. The second-order valence-corrected chi connectivity index (χ2v) is 3.81. The summed E-state index contributed by atoms with van der Waals surface area (Å²) in [5, 5.41) is 2.29. The van der Waals surface area contributed by atoms with Gasteiger partial charge in [-0.25, -0.2) is 0 Å². The van der Waals surface area contributed by atoms with Gasteiger partial charge in [0, 0.05) is 31.8 Å². The second kappa shape index (κ2) is 6.33. The zero-order valence-electron chi connectivity index (χ0n) is 10.3. The Kier molecular flexibility index (Phi) is 5.06. The van der Waals surface area contributed by atoms with E-state index in [1.54, 1.807) is 7.11 Å². The van der Waals surface area contributed by atoms with Gasteiger partial charge in [-0.05, 0) is 29.7 Å². The molecule has 88 valence electrons. The zero-order chi connectivity index (χ0) is 12.0. The molecule has 1 aromatic heterocycles. The van der Waals surface area contributed by atoms with Crippen LogP contribution in [0.25, 0.3) is 12.7 Å². The van der Waals surface area contributed by atoms with E-state index < -0.39 is 0 Å². The first-order valence-electron chi connectivity index (χ1n) is 5.73. The van der Waals surface area contributed by atoms with Gasteiger partial charge in [0.05, 0.1) is 0 Å². The van der Waals surface area contributed by atoms with Gasteiger partial charge in [-0.1, -0.05) is 26.2 Å². The van der Waals surface area contributed by atoms with Crippen molar-refractivity contribution in [3.8, 4) is 0 Å². The minimum Gasteiger partial charge on any atom is -0.385 e. The number of nitrogens with zero attached hydrogens (tertiary/aromatic N) is 1. The molecule has 0 aromatic carbocycles. The lowest BCUT2D eigenvalue weighted by atomic mass is 10.2. The summed E-state index contributed by atoms with van der Waals surface area (Å²) in [4.78, 5) is 0. The van der Waals surface area contributed by atoms with Crippen LogP contribution in [0.4, 0.5) is 0 Å². The molecule has 2 heteroatoms. The first-order valence-corrected chi connectivity index (χ1v) is 5.73. The zero-order valence-corrected chi connectivity index (χ0v) is 10.3. The molecule has 0 saturated heterocycles. The van der Waals surface area contributed by atoms with E-state index in [-0.39, 0.29) is 0 Å². The maximum absolute atomic E-state index is 5.07. The van der Waals surface area contributed by atoms with Gasteiger partial charge in [-0.15, -0.1) is 0 Å². The molecule has 1 heterocycles. The Morgan fingerprint density at radius 2 is 2.25 bits per heavy atom. The van der Waals surface area contributed by atoms with Crippen molar-refractivity contribution in [1.82, 2.24) is 4.57 Å². The molecular formula is C14H21NO. The summed E-state index contributed by atoms with van der Waals surface area (Å²) in [6, 6.07) is 0. The molecule has 0 aliphatic rings. The Balaban J connectivity index is 3.03. The van der Waals surface area contributed by atoms with Gasteiger partial charge in [0.1, 0.15) is 0 Å². The first kappa shape index (κ1) is 12.8. The lowest BCUT2D eigenvalue weighted by Gasteiger charge is -2.02. The van der Waals surface area contributed by atoms with Crippen LogP contribution in [0.3, 0.4) is 0 Å². The van der Waals surface area contributed by atoms with Crippen molar-refractivity contribution in [1.29, 1.82) is 0 Å². The van der Waals surface area contributed by atoms with Gasteiger partial charge in [0.2, 0.25) is 0 Å². The molecule has 0 fully saturated rings. The molecule has 0 aliphatic carbocycles. The maximum atomic E-state index is 5.07. The van der Waals surface area contributed by atoms with Crippen LogP contribution >= 0.6 is 0 Å². The lowest BCUT2D eigenvalue weighted by molar-refractivity contribution is 0.190. The molecule has 1 rings (SSSR count). The molecule has 0 amide bonds. The number of allylic oxidation sites excluding steroid dienone is 1. The molecule has 1 aromatic rings. The monoisotopic (exact) mass is 219 g/mol. The third-order valence-corrected chi connectivity index (χ3v) is 2.72. The lowest BCUT2D eigenvalue weighted by Crippen LogP contribution is -2.29. The number of methoxy groups -OCH3 is 1. The highest BCUT2D eigenvalue weighted by Gasteiger charge is 2.01. The highest BCUT2D eigenvalue weighted by molar-refractivity contribution is 5.36. The Morgan fingerprint density at radius 1 is 1.50 bits per heavy atom. The van der Waals surface area contributed by atoms with Crippen LogP contribution in [0.2, 0.25) is 0 Å². The fraction of sp³-hybridized carbons (Fsp3) is 0.429. The molecular weight excluding hydrogens is 198 g/mol. The van der Waals surface area contributed by atoms with Crippen LogP contribution < -0.4 is 10.6 Å². The molecule has 0 aliphatic heterocycles. The van der Waals surface area contributed by atoms with Crippen LogP contribution in [0.5, 0.6) is 0 Å². The summed E-state index contributed by atoms with van der Waals surface area (Å²) in [5.74, 6) is 0. The number of hydrogen-bond donors (Lipinski definition) is 0. The van der Waals surface area contributed by atoms with Crippen molar-refractivity contribution in [3.63, 3.8) is 0 Å².